The van der Waals surface area contributed by atoms with Gasteiger partial charge in [-0.25, -0.2) is 0 Å². The molecule has 0 aliphatic heterocycles. The Kier molecular flexibility index (Phi) is 12.4. The van der Waals surface area contributed by atoms with E-state index in [4.69, 9.17) is 10.2 Å². The Balaban J connectivity index is 0. The normalized spacial score (nSPS) is 10.1. The van der Waals surface area contributed by atoms with E-state index < -0.39 is 12.1 Å². The maximum absolute atomic E-state index is 10.1. The summed E-state index contributed by atoms with van der Waals surface area (Å²) < 4.78 is 0. The predicted octanol–water partition coefficient (Wildman–Crippen LogP) is -0.923. The molecule has 0 saturated carbocycles. The second kappa shape index (κ2) is 11.6. The highest BCUT2D eigenvalue weighted by Crippen LogP contribution is 2.14. The number of aliphatic hydroxyl groups is 3. The molecule has 0 amide bonds. The van der Waals surface area contributed by atoms with Crippen LogP contribution in [-0.4, -0.2) is 35.5 Å². The Morgan fingerprint density at radius 2 is 1.62 bits per heavy atom. The van der Waals surface area contributed by atoms with Gasteiger partial charge in [0.25, 0.3) is 0 Å². The molecule has 5 nitrogen and oxygen atoms in total. The summed E-state index contributed by atoms with van der Waals surface area (Å²) >= 11 is 0. The topological polar surface area (TPSA) is 101 Å². The number of carbonyl (C=O) groups is 1. The van der Waals surface area contributed by atoms with Crippen molar-refractivity contribution in [1.29, 1.82) is 0 Å². The van der Waals surface area contributed by atoms with Crippen molar-refractivity contribution in [3.8, 4) is 0 Å². The van der Waals surface area contributed by atoms with E-state index >= 15 is 0 Å². The number of carbonyl (C=O) groups excluding carboxylic acids is 1. The number of hydrogen-bond donors (Lipinski definition) is 3. The lowest BCUT2D eigenvalue weighted by Gasteiger charge is -2.10. The van der Waals surface area contributed by atoms with Crippen LogP contribution in [-0.2, 0) is 4.79 Å². The summed E-state index contributed by atoms with van der Waals surface area (Å²) in [5, 5.41) is 33.4. The molecular weight excluding hydrogens is 212 g/mol. The van der Waals surface area contributed by atoms with Gasteiger partial charge in [-0.3, -0.25) is 0 Å². The standard InChI is InChI=1S/C9H10O3.2CH4O/c10-8(6-9(11)12)7-4-2-1-3-5-7;2*1-2/h1-5,8,10H,6H2,(H,11,12);2*2H,1H3/p-1. The van der Waals surface area contributed by atoms with Crippen LogP contribution in [0.5, 0.6) is 0 Å². The molecule has 1 unspecified atom stereocenters. The molecule has 0 aromatic heterocycles. The SMILES string of the molecule is CO.CO.O=C([O-])CC(O)c1ccccc1. The fraction of sp³-hybridized carbons (Fsp3) is 0.364. The zero-order chi connectivity index (χ0) is 13.0. The van der Waals surface area contributed by atoms with Crippen molar-refractivity contribution >= 4 is 5.97 Å². The number of aliphatic hydroxyl groups excluding tert-OH is 3. The highest BCUT2D eigenvalue weighted by molar-refractivity contribution is 5.65. The summed E-state index contributed by atoms with van der Waals surface area (Å²) in [5.74, 6) is -1.24. The third kappa shape index (κ3) is 7.93. The van der Waals surface area contributed by atoms with E-state index in [1.807, 2.05) is 0 Å². The van der Waals surface area contributed by atoms with Crippen LogP contribution in [0.4, 0.5) is 0 Å². The molecule has 0 aliphatic carbocycles. The van der Waals surface area contributed by atoms with Crippen molar-refractivity contribution in [2.75, 3.05) is 14.2 Å². The second-order valence-electron chi connectivity index (χ2n) is 2.50. The van der Waals surface area contributed by atoms with Crippen LogP contribution < -0.4 is 5.11 Å². The molecule has 1 aromatic rings. The predicted molar refractivity (Wildman–Crippen MR) is 57.3 cm³/mol. The summed E-state index contributed by atoms with van der Waals surface area (Å²) in [6.07, 6.45) is -1.32. The molecule has 0 spiro atoms. The maximum Gasteiger partial charge on any atom is 0.0842 e. The minimum atomic E-state index is -1.24. The summed E-state index contributed by atoms with van der Waals surface area (Å²) in [5.41, 5.74) is 0.599. The van der Waals surface area contributed by atoms with E-state index in [0.29, 0.717) is 5.56 Å². The molecule has 1 atom stereocenters. The smallest absolute Gasteiger partial charge is 0.0842 e. The number of carboxylic acid groups (broad SMARTS) is 1. The number of hydrogen-bond acceptors (Lipinski definition) is 5. The van der Waals surface area contributed by atoms with Crippen LogP contribution in [0.15, 0.2) is 30.3 Å². The summed E-state index contributed by atoms with van der Waals surface area (Å²) in [6, 6.07) is 8.64. The number of carboxylic acids is 1. The molecule has 0 radical (unpaired) electrons. The number of rotatable bonds is 3. The minimum absolute atomic E-state index is 0.357. The lowest BCUT2D eigenvalue weighted by atomic mass is 10.1. The van der Waals surface area contributed by atoms with Gasteiger partial charge in [-0.15, -0.1) is 0 Å². The molecule has 0 bridgehead atoms. The summed E-state index contributed by atoms with van der Waals surface area (Å²) in [4.78, 5) is 10.1. The Morgan fingerprint density at radius 3 is 2.00 bits per heavy atom. The molecule has 0 aliphatic rings. The van der Waals surface area contributed by atoms with Crippen LogP contribution in [0, 0.1) is 0 Å². The highest BCUT2D eigenvalue weighted by Gasteiger charge is 2.05. The molecule has 3 N–H and O–H groups in total. The molecule has 0 heterocycles. The summed E-state index contributed by atoms with van der Waals surface area (Å²) in [6.45, 7) is 0. The third-order valence-electron chi connectivity index (χ3n) is 1.54. The second-order valence-corrected chi connectivity index (χ2v) is 2.50. The third-order valence-corrected chi connectivity index (χ3v) is 1.54. The van der Waals surface area contributed by atoms with Crippen molar-refractivity contribution in [3.05, 3.63) is 35.9 Å². The van der Waals surface area contributed by atoms with Gasteiger partial charge in [0.2, 0.25) is 0 Å². The largest absolute Gasteiger partial charge is 0.550 e. The zero-order valence-corrected chi connectivity index (χ0v) is 9.33. The first kappa shape index (κ1) is 17.0. The van der Waals surface area contributed by atoms with Gasteiger partial charge in [0, 0.05) is 26.6 Å². The van der Waals surface area contributed by atoms with Crippen LogP contribution in [0.25, 0.3) is 0 Å². The van der Waals surface area contributed by atoms with Gasteiger partial charge < -0.3 is 25.2 Å². The quantitative estimate of drug-likeness (QED) is 0.622. The first-order valence-corrected chi connectivity index (χ1v) is 4.52. The lowest BCUT2D eigenvalue weighted by Crippen LogP contribution is -2.24. The van der Waals surface area contributed by atoms with Crippen LogP contribution in [0.1, 0.15) is 18.1 Å². The summed E-state index contributed by atoms with van der Waals surface area (Å²) in [7, 11) is 2.00. The average Bonchev–Trinajstić information content (AvgIpc) is 2.34. The van der Waals surface area contributed by atoms with Crippen molar-refractivity contribution < 1.29 is 25.2 Å². The van der Waals surface area contributed by atoms with Gasteiger partial charge in [0.05, 0.1) is 6.10 Å². The highest BCUT2D eigenvalue weighted by atomic mass is 16.4. The fourth-order valence-corrected chi connectivity index (χ4v) is 0.951. The van der Waals surface area contributed by atoms with E-state index in [1.54, 1.807) is 30.3 Å². The Bertz CT molecular complexity index is 260. The Labute approximate surface area is 94.6 Å². The molecule has 1 aromatic carbocycles. The van der Waals surface area contributed by atoms with E-state index in [0.717, 1.165) is 14.2 Å². The van der Waals surface area contributed by atoms with Crippen molar-refractivity contribution in [3.63, 3.8) is 0 Å². The first-order chi connectivity index (χ1) is 7.70. The first-order valence-electron chi connectivity index (χ1n) is 4.52. The average molecular weight is 229 g/mol. The molecule has 0 saturated heterocycles. The van der Waals surface area contributed by atoms with E-state index in [1.165, 1.54) is 0 Å². The van der Waals surface area contributed by atoms with Crippen LogP contribution in [0.3, 0.4) is 0 Å². The van der Waals surface area contributed by atoms with E-state index in [9.17, 15) is 15.0 Å². The minimum Gasteiger partial charge on any atom is -0.550 e. The van der Waals surface area contributed by atoms with E-state index in [2.05, 4.69) is 0 Å². The van der Waals surface area contributed by atoms with Gasteiger partial charge in [-0.05, 0) is 5.56 Å². The monoisotopic (exact) mass is 229 g/mol. The van der Waals surface area contributed by atoms with Crippen molar-refractivity contribution in [2.45, 2.75) is 12.5 Å². The van der Waals surface area contributed by atoms with Gasteiger partial charge in [0.15, 0.2) is 0 Å². The van der Waals surface area contributed by atoms with Gasteiger partial charge >= 0.3 is 0 Å². The zero-order valence-electron chi connectivity index (χ0n) is 9.33. The molecule has 1 rings (SSSR count). The maximum atomic E-state index is 10.1. The van der Waals surface area contributed by atoms with Crippen LogP contribution >= 0.6 is 0 Å². The van der Waals surface area contributed by atoms with Gasteiger partial charge in [-0.2, -0.15) is 0 Å². The van der Waals surface area contributed by atoms with Gasteiger partial charge in [-0.1, -0.05) is 30.3 Å². The Morgan fingerprint density at radius 1 is 1.19 bits per heavy atom. The van der Waals surface area contributed by atoms with E-state index in [-0.39, 0.29) is 6.42 Å². The van der Waals surface area contributed by atoms with Crippen molar-refractivity contribution in [1.82, 2.24) is 0 Å². The number of aliphatic carboxylic acids is 1. The molecule has 92 valence electrons. The number of benzene rings is 1. The molecule has 5 heteroatoms. The molecule has 16 heavy (non-hydrogen) atoms. The lowest BCUT2D eigenvalue weighted by molar-refractivity contribution is -0.307. The van der Waals surface area contributed by atoms with Crippen LogP contribution in [0.2, 0.25) is 0 Å². The molecular formula is C11H17O5-. The molecule has 0 fully saturated rings. The van der Waals surface area contributed by atoms with Crippen molar-refractivity contribution in [2.24, 2.45) is 0 Å². The Hall–Kier alpha value is -1.43. The fourth-order valence-electron chi connectivity index (χ4n) is 0.951. The van der Waals surface area contributed by atoms with Gasteiger partial charge in [0.1, 0.15) is 0 Å².